The van der Waals surface area contributed by atoms with Crippen LogP contribution in [0.2, 0.25) is 0 Å². The van der Waals surface area contributed by atoms with E-state index >= 15 is 0 Å². The van der Waals surface area contributed by atoms with Crippen LogP contribution in [0.15, 0.2) is 85.0 Å². The number of nitrogens with one attached hydrogen (secondary N) is 1. The van der Waals surface area contributed by atoms with E-state index in [-0.39, 0.29) is 24.4 Å². The highest BCUT2D eigenvalue weighted by Gasteiger charge is 2.10. The molecule has 5 nitrogen and oxygen atoms in total. The van der Waals surface area contributed by atoms with Crippen LogP contribution in [0.1, 0.15) is 5.01 Å². The summed E-state index contributed by atoms with van der Waals surface area (Å²) in [5.41, 5.74) is 9.18. The molecule has 1 aromatic heterocycles. The van der Waals surface area contributed by atoms with Crippen LogP contribution in [0, 0.1) is 0 Å². The average Bonchev–Trinajstić information content (AvgIpc) is 3.12. The zero-order valence-electron chi connectivity index (χ0n) is 15.9. The second-order valence-corrected chi connectivity index (χ2v) is 7.55. The molecule has 0 aliphatic carbocycles. The number of nitrogens with two attached hydrogens (primary N) is 1. The third kappa shape index (κ3) is 5.27. The maximum atomic E-state index is 12.3. The summed E-state index contributed by atoms with van der Waals surface area (Å²) in [6, 6.07) is 16.2. The fraction of sp³-hybridized carbons (Fsp3) is 0.0870. The quantitative estimate of drug-likeness (QED) is 0.443. The number of benzene rings is 2. The normalized spacial score (nSPS) is 11.2. The van der Waals surface area contributed by atoms with E-state index in [1.54, 1.807) is 0 Å². The molecule has 0 unspecified atom stereocenters. The molecule has 0 atom stereocenters. The molecule has 3 N–H and O–H groups in total. The minimum Gasteiger partial charge on any atom is -0.366 e. The minimum atomic E-state index is -0.586. The van der Waals surface area contributed by atoms with Crippen molar-refractivity contribution in [3.8, 4) is 11.1 Å². The first-order valence-corrected chi connectivity index (χ1v) is 9.81. The molecular formula is C23H21N3O2S. The first kappa shape index (κ1) is 20.2. The highest BCUT2D eigenvalue weighted by atomic mass is 32.1. The summed E-state index contributed by atoms with van der Waals surface area (Å²) in [6.07, 6.45) is 3.06. The molecule has 0 aliphatic heterocycles. The largest absolute Gasteiger partial charge is 0.366 e. The Morgan fingerprint density at radius 1 is 1.14 bits per heavy atom. The number of fused-ring (bicyclic) bond motifs is 1. The molecule has 0 aliphatic rings. The van der Waals surface area contributed by atoms with Crippen LogP contribution >= 0.6 is 11.3 Å². The van der Waals surface area contributed by atoms with E-state index in [4.69, 9.17) is 5.73 Å². The van der Waals surface area contributed by atoms with Crippen molar-refractivity contribution in [2.24, 2.45) is 5.73 Å². The summed E-state index contributed by atoms with van der Waals surface area (Å²) in [7, 11) is 0. The Bertz CT molecular complexity index is 1110. The summed E-state index contributed by atoms with van der Waals surface area (Å²) >= 11 is 1.51. The van der Waals surface area contributed by atoms with E-state index in [1.165, 1.54) is 23.5 Å². The molecule has 3 rings (SSSR count). The number of aromatic nitrogens is 1. The van der Waals surface area contributed by atoms with Crippen molar-refractivity contribution in [2.75, 3.05) is 6.54 Å². The summed E-state index contributed by atoms with van der Waals surface area (Å²) in [6.45, 7) is 7.56. The van der Waals surface area contributed by atoms with Gasteiger partial charge < -0.3 is 11.1 Å². The van der Waals surface area contributed by atoms with Crippen molar-refractivity contribution in [3.05, 3.63) is 90.0 Å². The Morgan fingerprint density at radius 2 is 1.90 bits per heavy atom. The number of thiazole rings is 1. The molecule has 0 fully saturated rings. The second-order valence-electron chi connectivity index (χ2n) is 6.44. The van der Waals surface area contributed by atoms with Crippen molar-refractivity contribution < 1.29 is 9.59 Å². The van der Waals surface area contributed by atoms with Gasteiger partial charge in [-0.05, 0) is 34.9 Å². The number of rotatable bonds is 8. The van der Waals surface area contributed by atoms with Gasteiger partial charge in [-0.25, -0.2) is 4.98 Å². The maximum absolute atomic E-state index is 12.3. The molecule has 0 spiro atoms. The molecule has 0 saturated heterocycles. The number of carbonyl (C=O) groups excluding carboxylic acids is 2. The lowest BCUT2D eigenvalue weighted by atomic mass is 10.1. The van der Waals surface area contributed by atoms with E-state index < -0.39 is 5.91 Å². The molecule has 0 radical (unpaired) electrons. The highest BCUT2D eigenvalue weighted by molar-refractivity contribution is 7.18. The number of nitrogens with zero attached hydrogens (tertiary/aromatic N) is 1. The van der Waals surface area contributed by atoms with Gasteiger partial charge in [-0.3, -0.25) is 9.59 Å². The van der Waals surface area contributed by atoms with Gasteiger partial charge in [0.1, 0.15) is 5.01 Å². The number of primary amides is 1. The van der Waals surface area contributed by atoms with Crippen molar-refractivity contribution in [3.63, 3.8) is 0 Å². The summed E-state index contributed by atoms with van der Waals surface area (Å²) < 4.78 is 1.04. The van der Waals surface area contributed by atoms with Crippen LogP contribution < -0.4 is 11.1 Å². The Balaban J connectivity index is 1.64. The maximum Gasteiger partial charge on any atom is 0.248 e. The van der Waals surface area contributed by atoms with Gasteiger partial charge in [0.05, 0.1) is 16.6 Å². The first-order chi connectivity index (χ1) is 14.0. The van der Waals surface area contributed by atoms with Gasteiger partial charge in [-0.15, -0.1) is 11.3 Å². The molecule has 29 heavy (non-hydrogen) atoms. The SMILES string of the molecule is C=C/C(=C\C(=C)CNC(=O)Cc1nc2ccc(-c3ccccc3)cc2s1)C(N)=O. The van der Waals surface area contributed by atoms with Crippen LogP contribution in [-0.2, 0) is 16.0 Å². The Labute approximate surface area is 173 Å². The van der Waals surface area contributed by atoms with E-state index in [2.05, 4.69) is 41.7 Å². The second kappa shape index (κ2) is 9.12. The molecule has 6 heteroatoms. The number of hydrogen-bond acceptors (Lipinski definition) is 4. The van der Waals surface area contributed by atoms with Crippen molar-refractivity contribution in [2.45, 2.75) is 6.42 Å². The topological polar surface area (TPSA) is 85.1 Å². The van der Waals surface area contributed by atoms with Crippen LogP contribution in [0.25, 0.3) is 21.3 Å². The predicted molar refractivity (Wildman–Crippen MR) is 118 cm³/mol. The van der Waals surface area contributed by atoms with Crippen LogP contribution in [0.3, 0.4) is 0 Å². The van der Waals surface area contributed by atoms with Crippen LogP contribution in [0.4, 0.5) is 0 Å². The minimum absolute atomic E-state index is 0.166. The highest BCUT2D eigenvalue weighted by Crippen LogP contribution is 2.28. The van der Waals surface area contributed by atoms with E-state index in [0.29, 0.717) is 5.57 Å². The number of amides is 2. The first-order valence-electron chi connectivity index (χ1n) is 8.99. The monoisotopic (exact) mass is 403 g/mol. The lowest BCUT2D eigenvalue weighted by Gasteiger charge is -2.04. The van der Waals surface area contributed by atoms with Gasteiger partial charge >= 0.3 is 0 Å². The summed E-state index contributed by atoms with van der Waals surface area (Å²) in [4.78, 5) is 28.0. The van der Waals surface area contributed by atoms with Crippen molar-refractivity contribution >= 4 is 33.4 Å². The Kier molecular flexibility index (Phi) is 6.36. The van der Waals surface area contributed by atoms with Gasteiger partial charge in [-0.1, -0.05) is 55.6 Å². The molecule has 0 bridgehead atoms. The molecule has 146 valence electrons. The molecule has 0 saturated carbocycles. The molecule has 3 aromatic rings. The van der Waals surface area contributed by atoms with E-state index in [9.17, 15) is 9.59 Å². The fourth-order valence-electron chi connectivity index (χ4n) is 2.77. The number of hydrogen-bond donors (Lipinski definition) is 2. The van der Waals surface area contributed by atoms with Crippen molar-refractivity contribution in [1.29, 1.82) is 0 Å². The molecule has 2 aromatic carbocycles. The van der Waals surface area contributed by atoms with Gasteiger partial charge in [0, 0.05) is 12.1 Å². The molecular weight excluding hydrogens is 382 g/mol. The lowest BCUT2D eigenvalue weighted by Crippen LogP contribution is -2.26. The number of carbonyl (C=O) groups is 2. The zero-order chi connectivity index (χ0) is 20.8. The molecule has 1 heterocycles. The summed E-state index contributed by atoms with van der Waals surface area (Å²) in [5, 5.41) is 3.52. The van der Waals surface area contributed by atoms with Gasteiger partial charge in [0.25, 0.3) is 0 Å². The van der Waals surface area contributed by atoms with Gasteiger partial charge in [0.2, 0.25) is 11.8 Å². The average molecular weight is 404 g/mol. The third-order valence-corrected chi connectivity index (χ3v) is 5.25. The van der Waals surface area contributed by atoms with E-state index in [1.807, 2.05) is 30.3 Å². The van der Waals surface area contributed by atoms with Gasteiger partial charge in [-0.2, -0.15) is 0 Å². The third-order valence-electron chi connectivity index (χ3n) is 4.23. The van der Waals surface area contributed by atoms with Crippen LogP contribution in [0.5, 0.6) is 0 Å². The smallest absolute Gasteiger partial charge is 0.248 e. The standard InChI is InChI=1S/C23H21N3O2S/c1-3-16(23(24)28)11-15(2)14-25-21(27)13-22-26-19-10-9-18(12-20(19)29-22)17-7-5-4-6-8-17/h3-12H,1-2,13-14H2,(H2,24,28)(H,25,27)/b16-11+. The predicted octanol–water partition coefficient (Wildman–Crippen LogP) is 3.78. The summed E-state index contributed by atoms with van der Waals surface area (Å²) in [5.74, 6) is -0.752. The Morgan fingerprint density at radius 3 is 2.59 bits per heavy atom. The van der Waals surface area contributed by atoms with Crippen LogP contribution in [-0.4, -0.2) is 23.3 Å². The van der Waals surface area contributed by atoms with Crippen molar-refractivity contribution in [1.82, 2.24) is 10.3 Å². The fourth-order valence-corrected chi connectivity index (χ4v) is 3.78. The molecule has 2 amide bonds. The van der Waals surface area contributed by atoms with Gasteiger partial charge in [0.15, 0.2) is 0 Å². The van der Waals surface area contributed by atoms with E-state index in [0.717, 1.165) is 26.4 Å². The lowest BCUT2D eigenvalue weighted by molar-refractivity contribution is -0.120. The zero-order valence-corrected chi connectivity index (χ0v) is 16.7. The Hall–Kier alpha value is -3.51.